The third-order valence-corrected chi connectivity index (χ3v) is 4.61. The van der Waals surface area contributed by atoms with Crippen LogP contribution >= 0.6 is 0 Å². The van der Waals surface area contributed by atoms with Crippen LogP contribution in [0.15, 0.2) is 48.5 Å². The Balaban J connectivity index is 2.14. The molecule has 0 aliphatic heterocycles. The van der Waals surface area contributed by atoms with Crippen molar-refractivity contribution in [2.45, 2.75) is 45.6 Å². The summed E-state index contributed by atoms with van der Waals surface area (Å²) < 4.78 is 6.06. The predicted octanol–water partition coefficient (Wildman–Crippen LogP) is 4.36. The number of anilines is 1. The Bertz CT molecular complexity index is 789. The van der Waals surface area contributed by atoms with Gasteiger partial charge >= 0.3 is 0 Å². The third kappa shape index (κ3) is 5.33. The molecule has 0 aromatic heterocycles. The highest BCUT2D eigenvalue weighted by molar-refractivity contribution is 5.98. The van der Waals surface area contributed by atoms with Gasteiger partial charge in [-0.05, 0) is 48.6 Å². The smallest absolute Gasteiger partial charge is 0.265 e. The minimum atomic E-state index is -0.612. The summed E-state index contributed by atoms with van der Waals surface area (Å²) in [5.41, 5.74) is 2.16. The number of hydrogen-bond donors (Lipinski definition) is 2. The quantitative estimate of drug-likeness (QED) is 0.728. The summed E-state index contributed by atoms with van der Waals surface area (Å²) in [6.45, 7) is 6.19. The first-order valence-corrected chi connectivity index (χ1v) is 9.38. The summed E-state index contributed by atoms with van der Waals surface area (Å²) in [6, 6.07) is 14.7. The number of carbonyl (C=O) groups is 2. The summed E-state index contributed by atoms with van der Waals surface area (Å²) >= 11 is 0. The molecule has 5 nitrogen and oxygen atoms in total. The highest BCUT2D eigenvalue weighted by atomic mass is 16.5. The van der Waals surface area contributed by atoms with Crippen LogP contribution in [-0.2, 0) is 4.79 Å². The molecule has 2 N–H and O–H groups in total. The summed E-state index contributed by atoms with van der Waals surface area (Å²) in [5.74, 6) is 0.668. The lowest BCUT2D eigenvalue weighted by Gasteiger charge is -2.21. The Hall–Kier alpha value is -2.82. The lowest BCUT2D eigenvalue weighted by molar-refractivity contribution is -0.122. The van der Waals surface area contributed by atoms with Crippen LogP contribution in [0, 0.1) is 0 Å². The van der Waals surface area contributed by atoms with E-state index in [1.807, 2.05) is 31.2 Å². The van der Waals surface area contributed by atoms with Crippen molar-refractivity contribution in [1.82, 2.24) is 5.32 Å². The fraction of sp³-hybridized carbons (Fsp3) is 0.364. The average Bonchev–Trinajstić information content (AvgIpc) is 2.71. The van der Waals surface area contributed by atoms with Gasteiger partial charge in [-0.1, -0.05) is 45.0 Å². The third-order valence-electron chi connectivity index (χ3n) is 4.61. The molecule has 2 rings (SSSR count). The molecule has 0 radical (unpaired) electrons. The van der Waals surface area contributed by atoms with Gasteiger partial charge in [-0.25, -0.2) is 0 Å². The van der Waals surface area contributed by atoms with E-state index in [1.54, 1.807) is 31.3 Å². The number of para-hydroxylation sites is 1. The van der Waals surface area contributed by atoms with Crippen molar-refractivity contribution < 1.29 is 14.3 Å². The number of amides is 2. The molecule has 2 unspecified atom stereocenters. The first kappa shape index (κ1) is 20.5. The zero-order chi connectivity index (χ0) is 19.8. The monoisotopic (exact) mass is 368 g/mol. The number of carbonyl (C=O) groups excluding carboxylic acids is 2. The molecule has 0 aliphatic carbocycles. The molecule has 144 valence electrons. The standard InChI is InChI=1S/C22H28N2O3/c1-5-15(3)18-12-7-8-13-20(18)27-19(6-2)22(26)24-17-11-9-10-16(14-17)21(25)23-4/h7-15,19H,5-6H2,1-4H3,(H,23,25)(H,24,26). The summed E-state index contributed by atoms with van der Waals surface area (Å²) in [7, 11) is 1.57. The molecule has 0 spiro atoms. The second kappa shape index (κ2) is 9.76. The predicted molar refractivity (Wildman–Crippen MR) is 108 cm³/mol. The maximum absolute atomic E-state index is 12.7. The van der Waals surface area contributed by atoms with Gasteiger partial charge < -0.3 is 15.4 Å². The van der Waals surface area contributed by atoms with Gasteiger partial charge in [0.05, 0.1) is 0 Å². The molecule has 0 fully saturated rings. The molecule has 2 aromatic rings. The fourth-order valence-corrected chi connectivity index (χ4v) is 2.80. The van der Waals surface area contributed by atoms with Crippen molar-refractivity contribution in [3.63, 3.8) is 0 Å². The van der Waals surface area contributed by atoms with Crippen LogP contribution < -0.4 is 15.4 Å². The number of rotatable bonds is 8. The van der Waals surface area contributed by atoms with Crippen LogP contribution in [0.4, 0.5) is 5.69 Å². The van der Waals surface area contributed by atoms with Gasteiger partial charge in [-0.15, -0.1) is 0 Å². The highest BCUT2D eigenvalue weighted by Gasteiger charge is 2.21. The van der Waals surface area contributed by atoms with Crippen LogP contribution in [0.1, 0.15) is 55.5 Å². The van der Waals surface area contributed by atoms with E-state index >= 15 is 0 Å². The zero-order valence-electron chi connectivity index (χ0n) is 16.4. The molecule has 5 heteroatoms. The van der Waals surface area contributed by atoms with Crippen LogP contribution in [-0.4, -0.2) is 25.0 Å². The van der Waals surface area contributed by atoms with Gasteiger partial charge in [0, 0.05) is 18.3 Å². The maximum atomic E-state index is 12.7. The van der Waals surface area contributed by atoms with Gasteiger partial charge in [-0.3, -0.25) is 9.59 Å². The van der Waals surface area contributed by atoms with Crippen molar-refractivity contribution in [2.75, 3.05) is 12.4 Å². The van der Waals surface area contributed by atoms with E-state index in [9.17, 15) is 9.59 Å². The van der Waals surface area contributed by atoms with Crippen molar-refractivity contribution in [3.8, 4) is 5.75 Å². The molecule has 0 saturated carbocycles. The molecular weight excluding hydrogens is 340 g/mol. The van der Waals surface area contributed by atoms with Gasteiger partial charge in [-0.2, -0.15) is 0 Å². The van der Waals surface area contributed by atoms with Crippen molar-refractivity contribution >= 4 is 17.5 Å². The number of nitrogens with one attached hydrogen (secondary N) is 2. The molecular formula is C22H28N2O3. The van der Waals surface area contributed by atoms with Gasteiger partial charge in [0.1, 0.15) is 5.75 Å². The number of benzene rings is 2. The SMILES string of the molecule is CCC(Oc1ccccc1C(C)CC)C(=O)Nc1cccc(C(=O)NC)c1. The number of ether oxygens (including phenoxy) is 1. The Morgan fingerprint density at radius 1 is 1.04 bits per heavy atom. The van der Waals surface area contributed by atoms with E-state index in [0.29, 0.717) is 23.6 Å². The normalized spacial score (nSPS) is 12.7. The Morgan fingerprint density at radius 2 is 1.78 bits per heavy atom. The second-order valence-corrected chi connectivity index (χ2v) is 6.51. The van der Waals surface area contributed by atoms with Gasteiger partial charge in [0.25, 0.3) is 11.8 Å². The molecule has 0 aliphatic rings. The van der Waals surface area contributed by atoms with Crippen molar-refractivity contribution in [2.24, 2.45) is 0 Å². The van der Waals surface area contributed by atoms with E-state index in [1.165, 1.54) is 0 Å². The Kier molecular flexibility index (Phi) is 7.41. The Morgan fingerprint density at radius 3 is 2.44 bits per heavy atom. The highest BCUT2D eigenvalue weighted by Crippen LogP contribution is 2.29. The van der Waals surface area contributed by atoms with E-state index in [-0.39, 0.29) is 11.8 Å². The van der Waals surface area contributed by atoms with Crippen molar-refractivity contribution in [1.29, 1.82) is 0 Å². The van der Waals surface area contributed by atoms with Crippen LogP contribution in [0.2, 0.25) is 0 Å². The molecule has 2 atom stereocenters. The lowest BCUT2D eigenvalue weighted by Crippen LogP contribution is -2.32. The van der Waals surface area contributed by atoms with Gasteiger partial charge in [0.2, 0.25) is 0 Å². The van der Waals surface area contributed by atoms with Crippen LogP contribution in [0.5, 0.6) is 5.75 Å². The lowest BCUT2D eigenvalue weighted by atomic mass is 9.98. The summed E-state index contributed by atoms with van der Waals surface area (Å²) in [5, 5.41) is 5.43. The fourth-order valence-electron chi connectivity index (χ4n) is 2.80. The Labute approximate surface area is 161 Å². The first-order valence-electron chi connectivity index (χ1n) is 9.38. The molecule has 2 amide bonds. The summed E-state index contributed by atoms with van der Waals surface area (Å²) in [6.07, 6.45) is 0.921. The van der Waals surface area contributed by atoms with E-state index < -0.39 is 6.10 Å². The van der Waals surface area contributed by atoms with E-state index in [0.717, 1.165) is 17.7 Å². The molecule has 0 heterocycles. The maximum Gasteiger partial charge on any atom is 0.265 e. The minimum absolute atomic E-state index is 0.197. The second-order valence-electron chi connectivity index (χ2n) is 6.51. The minimum Gasteiger partial charge on any atom is -0.480 e. The van der Waals surface area contributed by atoms with Crippen LogP contribution in [0.3, 0.4) is 0 Å². The molecule has 27 heavy (non-hydrogen) atoms. The first-order chi connectivity index (χ1) is 13.0. The topological polar surface area (TPSA) is 67.4 Å². The van der Waals surface area contributed by atoms with E-state index in [4.69, 9.17) is 4.74 Å². The van der Waals surface area contributed by atoms with Crippen molar-refractivity contribution in [3.05, 3.63) is 59.7 Å². The summed E-state index contributed by atoms with van der Waals surface area (Å²) in [4.78, 5) is 24.5. The largest absolute Gasteiger partial charge is 0.480 e. The molecule has 0 bridgehead atoms. The zero-order valence-corrected chi connectivity index (χ0v) is 16.4. The van der Waals surface area contributed by atoms with E-state index in [2.05, 4.69) is 24.5 Å². The average molecular weight is 368 g/mol. The molecule has 2 aromatic carbocycles. The number of hydrogen-bond acceptors (Lipinski definition) is 3. The molecule has 0 saturated heterocycles. The van der Waals surface area contributed by atoms with Crippen LogP contribution in [0.25, 0.3) is 0 Å². The van der Waals surface area contributed by atoms with Gasteiger partial charge in [0.15, 0.2) is 6.10 Å².